The van der Waals surface area contributed by atoms with E-state index >= 15 is 0 Å². The molecule has 0 N–H and O–H groups in total. The van der Waals surface area contributed by atoms with E-state index in [0.717, 1.165) is 17.4 Å². The molecule has 2 bridgehead atoms. The van der Waals surface area contributed by atoms with E-state index in [1.807, 2.05) is 0 Å². The van der Waals surface area contributed by atoms with Crippen molar-refractivity contribution in [1.29, 1.82) is 0 Å². The first-order valence-electron chi connectivity index (χ1n) is 4.76. The summed E-state index contributed by atoms with van der Waals surface area (Å²) >= 11 is 6.47. The lowest BCUT2D eigenvalue weighted by molar-refractivity contribution is 0.472. The number of halogens is 1. The first kappa shape index (κ1) is 8.12. The standard InChI is InChI=1S/C9H17ClSi/c1-11(2,10)9-6-7-3-4-8(9)5-7/h7-9H,3-6H2,1-2H3/t7-,8+,9+/m0/s1. The molecular formula is C9H17ClSi. The van der Waals surface area contributed by atoms with Crippen LogP contribution in [-0.2, 0) is 0 Å². The van der Waals surface area contributed by atoms with Crippen LogP contribution in [0.4, 0.5) is 0 Å². The summed E-state index contributed by atoms with van der Waals surface area (Å²) in [6.07, 6.45) is 5.96. The van der Waals surface area contributed by atoms with Gasteiger partial charge in [0.2, 0.25) is 0 Å². The van der Waals surface area contributed by atoms with E-state index in [1.54, 1.807) is 0 Å². The summed E-state index contributed by atoms with van der Waals surface area (Å²) < 4.78 is 0. The van der Waals surface area contributed by atoms with E-state index in [4.69, 9.17) is 11.1 Å². The lowest BCUT2D eigenvalue weighted by Crippen LogP contribution is -2.29. The predicted molar refractivity (Wildman–Crippen MR) is 52.5 cm³/mol. The fourth-order valence-electron chi connectivity index (χ4n) is 3.09. The molecule has 0 unspecified atom stereocenters. The average Bonchev–Trinajstić information content (AvgIpc) is 2.42. The molecule has 11 heavy (non-hydrogen) atoms. The fourth-order valence-corrected chi connectivity index (χ4v) is 6.20. The lowest BCUT2D eigenvalue weighted by atomic mass is 10.0. The van der Waals surface area contributed by atoms with E-state index in [0.29, 0.717) is 0 Å². The Morgan fingerprint density at radius 3 is 2.18 bits per heavy atom. The van der Waals surface area contributed by atoms with Crippen LogP contribution in [0, 0.1) is 11.8 Å². The van der Waals surface area contributed by atoms with Crippen molar-refractivity contribution >= 4 is 18.5 Å². The molecule has 0 aromatic rings. The summed E-state index contributed by atoms with van der Waals surface area (Å²) in [5, 5.41) is 0. The highest BCUT2D eigenvalue weighted by Crippen LogP contribution is 2.56. The van der Waals surface area contributed by atoms with Gasteiger partial charge >= 0.3 is 0 Å². The van der Waals surface area contributed by atoms with Gasteiger partial charge in [0.25, 0.3) is 0 Å². The smallest absolute Gasteiger partial charge is 0.153 e. The van der Waals surface area contributed by atoms with Crippen molar-refractivity contribution in [2.75, 3.05) is 0 Å². The molecule has 0 saturated heterocycles. The largest absolute Gasteiger partial charge is 0.167 e. The molecule has 2 heteroatoms. The second-order valence-corrected chi connectivity index (χ2v) is 11.6. The molecule has 2 aliphatic rings. The average molecular weight is 189 g/mol. The zero-order valence-electron chi connectivity index (χ0n) is 7.44. The van der Waals surface area contributed by atoms with Gasteiger partial charge in [-0.2, -0.15) is 11.1 Å². The van der Waals surface area contributed by atoms with E-state index in [1.165, 1.54) is 25.7 Å². The predicted octanol–water partition coefficient (Wildman–Crippen LogP) is 3.62. The van der Waals surface area contributed by atoms with Gasteiger partial charge in [0.15, 0.2) is 7.38 Å². The van der Waals surface area contributed by atoms with Gasteiger partial charge in [-0.05, 0) is 30.2 Å². The molecule has 0 aromatic heterocycles. The van der Waals surface area contributed by atoms with Crippen molar-refractivity contribution in [3.8, 4) is 0 Å². The Labute approximate surface area is 75.0 Å². The maximum atomic E-state index is 6.47. The number of hydrogen-bond donors (Lipinski definition) is 0. The van der Waals surface area contributed by atoms with E-state index in [-0.39, 0.29) is 0 Å². The molecule has 0 aliphatic heterocycles. The van der Waals surface area contributed by atoms with E-state index < -0.39 is 7.38 Å². The van der Waals surface area contributed by atoms with Crippen LogP contribution in [-0.4, -0.2) is 7.38 Å². The van der Waals surface area contributed by atoms with Crippen LogP contribution in [0.2, 0.25) is 18.6 Å². The minimum Gasteiger partial charge on any atom is -0.167 e. The molecule has 0 aromatic carbocycles. The topological polar surface area (TPSA) is 0 Å². The van der Waals surface area contributed by atoms with E-state index in [9.17, 15) is 0 Å². The Morgan fingerprint density at radius 2 is 1.91 bits per heavy atom. The number of fused-ring (bicyclic) bond motifs is 2. The molecule has 64 valence electrons. The molecule has 0 nitrogen and oxygen atoms in total. The second kappa shape index (κ2) is 2.50. The molecule has 0 heterocycles. The Kier molecular flexibility index (Phi) is 1.84. The monoisotopic (exact) mass is 188 g/mol. The highest BCUT2D eigenvalue weighted by molar-refractivity contribution is 7.19. The van der Waals surface area contributed by atoms with Crippen molar-refractivity contribution in [2.24, 2.45) is 11.8 Å². The Morgan fingerprint density at radius 1 is 1.18 bits per heavy atom. The van der Waals surface area contributed by atoms with E-state index in [2.05, 4.69) is 13.1 Å². The summed E-state index contributed by atoms with van der Waals surface area (Å²) in [6, 6.07) is 0. The summed E-state index contributed by atoms with van der Waals surface area (Å²) in [5.74, 6) is 2.09. The molecule has 2 saturated carbocycles. The van der Waals surface area contributed by atoms with Crippen molar-refractivity contribution in [1.82, 2.24) is 0 Å². The third-order valence-electron chi connectivity index (χ3n) is 3.62. The van der Waals surface area contributed by atoms with Crippen LogP contribution in [0.25, 0.3) is 0 Å². The third kappa shape index (κ3) is 1.38. The van der Waals surface area contributed by atoms with Gasteiger partial charge in [-0.3, -0.25) is 0 Å². The summed E-state index contributed by atoms with van der Waals surface area (Å²) in [4.78, 5) is 0. The van der Waals surface area contributed by atoms with Gasteiger partial charge in [-0.15, -0.1) is 0 Å². The van der Waals surface area contributed by atoms with Crippen LogP contribution < -0.4 is 0 Å². The van der Waals surface area contributed by atoms with Crippen molar-refractivity contribution in [2.45, 2.75) is 44.3 Å². The van der Waals surface area contributed by atoms with Gasteiger partial charge in [-0.1, -0.05) is 25.9 Å². The maximum Gasteiger partial charge on any atom is 0.153 e. The molecule has 0 radical (unpaired) electrons. The summed E-state index contributed by atoms with van der Waals surface area (Å²) in [7, 11) is -1.31. The zero-order chi connectivity index (χ0) is 8.06. The van der Waals surface area contributed by atoms with Crippen molar-refractivity contribution < 1.29 is 0 Å². The van der Waals surface area contributed by atoms with Gasteiger partial charge < -0.3 is 0 Å². The maximum absolute atomic E-state index is 6.47. The fraction of sp³-hybridized carbons (Fsp3) is 1.00. The zero-order valence-corrected chi connectivity index (χ0v) is 9.19. The second-order valence-electron chi connectivity index (χ2n) is 4.85. The Bertz CT molecular complexity index is 161. The summed E-state index contributed by atoms with van der Waals surface area (Å²) in [6.45, 7) is 4.64. The van der Waals surface area contributed by atoms with Gasteiger partial charge in [0.05, 0.1) is 0 Å². The number of rotatable bonds is 1. The van der Waals surface area contributed by atoms with Crippen LogP contribution in [0.1, 0.15) is 25.7 Å². The van der Waals surface area contributed by atoms with Crippen LogP contribution in [0.15, 0.2) is 0 Å². The summed E-state index contributed by atoms with van der Waals surface area (Å²) in [5.41, 5.74) is 0.947. The minimum atomic E-state index is -1.31. The Hall–Kier alpha value is 0.507. The normalized spacial score (nSPS) is 43.4. The highest BCUT2D eigenvalue weighted by Gasteiger charge is 2.46. The quantitative estimate of drug-likeness (QED) is 0.436. The molecule has 2 rings (SSSR count). The van der Waals surface area contributed by atoms with Gasteiger partial charge in [0.1, 0.15) is 0 Å². The van der Waals surface area contributed by atoms with Crippen molar-refractivity contribution in [3.05, 3.63) is 0 Å². The molecule has 0 spiro atoms. The van der Waals surface area contributed by atoms with Crippen LogP contribution in [0.3, 0.4) is 0 Å². The molecular weight excluding hydrogens is 172 g/mol. The van der Waals surface area contributed by atoms with Gasteiger partial charge in [-0.25, -0.2) is 0 Å². The Balaban J connectivity index is 2.08. The lowest BCUT2D eigenvalue weighted by Gasteiger charge is -2.29. The van der Waals surface area contributed by atoms with Gasteiger partial charge in [0, 0.05) is 0 Å². The third-order valence-corrected chi connectivity index (χ3v) is 6.93. The molecule has 2 fully saturated rings. The van der Waals surface area contributed by atoms with Crippen LogP contribution in [0.5, 0.6) is 0 Å². The SMILES string of the molecule is C[Si](C)(Cl)[C@@H]1C[C@H]2CC[C@@H]1C2. The van der Waals surface area contributed by atoms with Crippen LogP contribution >= 0.6 is 11.1 Å². The molecule has 2 aliphatic carbocycles. The molecule has 0 amide bonds. The first-order valence-corrected chi connectivity index (χ1v) is 8.85. The highest BCUT2D eigenvalue weighted by atomic mass is 35.6. The molecule has 3 atom stereocenters. The van der Waals surface area contributed by atoms with Crippen molar-refractivity contribution in [3.63, 3.8) is 0 Å². The first-order chi connectivity index (χ1) is 5.07. The number of hydrogen-bond acceptors (Lipinski definition) is 0. The minimum absolute atomic E-state index is 0.947.